The van der Waals surface area contributed by atoms with E-state index in [1.807, 2.05) is 0 Å². The molecule has 0 aliphatic carbocycles. The summed E-state index contributed by atoms with van der Waals surface area (Å²) in [5, 5.41) is 0. The number of carbonyl (C=O) groups is 1. The lowest BCUT2D eigenvalue weighted by molar-refractivity contribution is -0.274. The SMILES string of the molecule is CC(=O)N(c1ccc(F)cc1)C1CCN(S(=O)(=O)c2ccc(OC(F)(F)F)cc2)CC1. The maximum Gasteiger partial charge on any atom is 0.573 e. The number of nitrogens with zero attached hydrogens (tertiary/aromatic N) is 2. The fourth-order valence-electron chi connectivity index (χ4n) is 3.55. The molecule has 1 aliphatic rings. The van der Waals surface area contributed by atoms with Gasteiger partial charge in [-0.2, -0.15) is 4.31 Å². The number of hydrogen-bond acceptors (Lipinski definition) is 4. The van der Waals surface area contributed by atoms with Crippen molar-refractivity contribution in [3.63, 3.8) is 0 Å². The molecule has 1 heterocycles. The van der Waals surface area contributed by atoms with Gasteiger partial charge in [0.25, 0.3) is 0 Å². The van der Waals surface area contributed by atoms with E-state index in [1.165, 1.54) is 40.4 Å². The van der Waals surface area contributed by atoms with E-state index in [0.29, 0.717) is 18.5 Å². The van der Waals surface area contributed by atoms with Crippen LogP contribution in [-0.2, 0) is 14.8 Å². The molecule has 0 N–H and O–H groups in total. The van der Waals surface area contributed by atoms with Crippen LogP contribution >= 0.6 is 0 Å². The summed E-state index contributed by atoms with van der Waals surface area (Å²) in [6.45, 7) is 1.63. The molecule has 0 unspecified atom stereocenters. The van der Waals surface area contributed by atoms with Gasteiger partial charge >= 0.3 is 6.36 Å². The Morgan fingerprint density at radius 2 is 1.58 bits per heavy atom. The predicted octanol–water partition coefficient (Wildman–Crippen LogP) is 3.93. The fraction of sp³-hybridized carbons (Fsp3) is 0.350. The number of rotatable bonds is 5. The number of piperidine rings is 1. The quantitative estimate of drug-likeness (QED) is 0.635. The number of amides is 1. The minimum atomic E-state index is -4.87. The van der Waals surface area contributed by atoms with Crippen LogP contribution in [0.1, 0.15) is 19.8 Å². The monoisotopic (exact) mass is 460 g/mol. The maximum atomic E-state index is 13.2. The first-order chi connectivity index (χ1) is 14.5. The summed E-state index contributed by atoms with van der Waals surface area (Å²) in [5.74, 6) is -1.19. The molecule has 3 rings (SSSR count). The number of carbonyl (C=O) groups excluding carboxylic acids is 1. The highest BCUT2D eigenvalue weighted by Gasteiger charge is 2.34. The lowest BCUT2D eigenvalue weighted by Crippen LogP contribution is -2.48. The van der Waals surface area contributed by atoms with E-state index >= 15 is 0 Å². The van der Waals surface area contributed by atoms with Crippen molar-refractivity contribution in [1.82, 2.24) is 4.31 Å². The predicted molar refractivity (Wildman–Crippen MR) is 104 cm³/mol. The molecule has 0 spiro atoms. The van der Waals surface area contributed by atoms with Gasteiger partial charge in [-0.05, 0) is 61.4 Å². The Hall–Kier alpha value is -2.66. The second kappa shape index (κ2) is 8.83. The van der Waals surface area contributed by atoms with Crippen molar-refractivity contribution in [2.24, 2.45) is 0 Å². The van der Waals surface area contributed by atoms with Crippen molar-refractivity contribution in [1.29, 1.82) is 0 Å². The number of hydrogen-bond donors (Lipinski definition) is 0. The van der Waals surface area contributed by atoms with Crippen LogP contribution in [-0.4, -0.2) is 44.1 Å². The van der Waals surface area contributed by atoms with Crippen molar-refractivity contribution in [3.8, 4) is 5.75 Å². The third kappa shape index (κ3) is 5.53. The fourth-order valence-corrected chi connectivity index (χ4v) is 5.02. The zero-order valence-corrected chi connectivity index (χ0v) is 17.3. The van der Waals surface area contributed by atoms with Crippen molar-refractivity contribution in [2.45, 2.75) is 37.1 Å². The molecular weight excluding hydrogens is 440 g/mol. The van der Waals surface area contributed by atoms with Crippen LogP contribution in [0.15, 0.2) is 53.4 Å². The summed E-state index contributed by atoms with van der Waals surface area (Å²) in [4.78, 5) is 13.5. The summed E-state index contributed by atoms with van der Waals surface area (Å²) in [6, 6.07) is 9.21. The number of benzene rings is 2. The van der Waals surface area contributed by atoms with Gasteiger partial charge in [-0.15, -0.1) is 13.2 Å². The van der Waals surface area contributed by atoms with Gasteiger partial charge in [0, 0.05) is 31.7 Å². The third-order valence-corrected chi connectivity index (χ3v) is 6.84. The van der Waals surface area contributed by atoms with Gasteiger partial charge in [0.05, 0.1) is 4.90 Å². The average Bonchev–Trinajstić information content (AvgIpc) is 2.69. The Bertz CT molecular complexity index is 1020. The number of halogens is 4. The van der Waals surface area contributed by atoms with Crippen LogP contribution in [0.2, 0.25) is 0 Å². The molecule has 1 fully saturated rings. The molecule has 0 radical (unpaired) electrons. The number of alkyl halides is 3. The molecular formula is C20H20F4N2O4S. The number of ether oxygens (including phenoxy) is 1. The zero-order chi connectivity index (χ0) is 22.8. The number of anilines is 1. The Morgan fingerprint density at radius 1 is 1.03 bits per heavy atom. The van der Waals surface area contributed by atoms with Crippen molar-refractivity contribution in [2.75, 3.05) is 18.0 Å². The van der Waals surface area contributed by atoms with E-state index in [4.69, 9.17) is 0 Å². The largest absolute Gasteiger partial charge is 0.573 e. The van der Waals surface area contributed by atoms with Crippen LogP contribution in [0.5, 0.6) is 5.75 Å². The summed E-state index contributed by atoms with van der Waals surface area (Å²) in [6.07, 6.45) is -4.16. The van der Waals surface area contributed by atoms with Gasteiger partial charge in [0.2, 0.25) is 15.9 Å². The standard InChI is InChI=1S/C20H20F4N2O4S/c1-14(27)26(16-4-2-15(21)3-5-16)17-10-12-25(13-11-17)31(28,29)19-8-6-18(7-9-19)30-20(22,23)24/h2-9,17H,10-13H2,1H3. The molecule has 0 aromatic heterocycles. The van der Waals surface area contributed by atoms with E-state index in [9.17, 15) is 30.8 Å². The Balaban J connectivity index is 1.70. The highest BCUT2D eigenvalue weighted by atomic mass is 32.2. The molecule has 0 atom stereocenters. The highest BCUT2D eigenvalue weighted by Crippen LogP contribution is 2.29. The van der Waals surface area contributed by atoms with E-state index < -0.39 is 28.0 Å². The first kappa shape index (κ1) is 23.0. The maximum absolute atomic E-state index is 13.2. The molecule has 0 saturated carbocycles. The summed E-state index contributed by atoms with van der Waals surface area (Å²) >= 11 is 0. The summed E-state index contributed by atoms with van der Waals surface area (Å²) < 4.78 is 80.7. The van der Waals surface area contributed by atoms with Crippen LogP contribution in [0.25, 0.3) is 0 Å². The lowest BCUT2D eigenvalue weighted by atomic mass is 10.0. The van der Waals surface area contributed by atoms with Gasteiger partial charge in [0.15, 0.2) is 0 Å². The topological polar surface area (TPSA) is 66.9 Å². The lowest BCUT2D eigenvalue weighted by Gasteiger charge is -2.37. The van der Waals surface area contributed by atoms with Crippen molar-refractivity contribution in [3.05, 3.63) is 54.3 Å². The highest BCUT2D eigenvalue weighted by molar-refractivity contribution is 7.89. The normalized spacial score (nSPS) is 16.2. The van der Waals surface area contributed by atoms with Gasteiger partial charge in [-0.25, -0.2) is 12.8 Å². The molecule has 6 nitrogen and oxygen atoms in total. The second-order valence-electron chi connectivity index (χ2n) is 7.02. The van der Waals surface area contributed by atoms with Crippen LogP contribution in [0.4, 0.5) is 23.2 Å². The van der Waals surface area contributed by atoms with Gasteiger partial charge < -0.3 is 9.64 Å². The molecule has 0 bridgehead atoms. The first-order valence-corrected chi connectivity index (χ1v) is 10.8. The van der Waals surface area contributed by atoms with Gasteiger partial charge in [-0.3, -0.25) is 4.79 Å². The van der Waals surface area contributed by atoms with Crippen LogP contribution < -0.4 is 9.64 Å². The molecule has 1 saturated heterocycles. The first-order valence-electron chi connectivity index (χ1n) is 9.39. The van der Waals surface area contributed by atoms with E-state index in [2.05, 4.69) is 4.74 Å². The minimum Gasteiger partial charge on any atom is -0.406 e. The van der Waals surface area contributed by atoms with Crippen molar-refractivity contribution >= 4 is 21.6 Å². The minimum absolute atomic E-state index is 0.124. The average molecular weight is 460 g/mol. The Labute approximate surface area is 177 Å². The molecule has 31 heavy (non-hydrogen) atoms. The molecule has 1 aliphatic heterocycles. The van der Waals surface area contributed by atoms with Crippen LogP contribution in [0.3, 0.4) is 0 Å². The molecule has 168 valence electrons. The van der Waals surface area contributed by atoms with E-state index in [-0.39, 0.29) is 29.9 Å². The van der Waals surface area contributed by atoms with E-state index in [0.717, 1.165) is 24.3 Å². The molecule has 1 amide bonds. The van der Waals surface area contributed by atoms with Crippen LogP contribution in [0, 0.1) is 5.82 Å². The third-order valence-electron chi connectivity index (χ3n) is 4.93. The Morgan fingerprint density at radius 3 is 2.06 bits per heavy atom. The van der Waals surface area contributed by atoms with E-state index in [1.54, 1.807) is 0 Å². The second-order valence-corrected chi connectivity index (χ2v) is 8.96. The van der Waals surface area contributed by atoms with Gasteiger partial charge in [0.1, 0.15) is 11.6 Å². The molecule has 2 aromatic rings. The van der Waals surface area contributed by atoms with Gasteiger partial charge in [-0.1, -0.05) is 0 Å². The summed E-state index contributed by atoms with van der Waals surface area (Å²) in [5.41, 5.74) is 0.524. The molecule has 2 aromatic carbocycles. The smallest absolute Gasteiger partial charge is 0.406 e. The summed E-state index contributed by atoms with van der Waals surface area (Å²) in [7, 11) is -3.92. The van der Waals surface area contributed by atoms with Crippen molar-refractivity contribution < 1.29 is 35.5 Å². The Kier molecular flexibility index (Phi) is 6.56. The number of sulfonamides is 1. The molecule has 11 heteroatoms. The zero-order valence-electron chi connectivity index (χ0n) is 16.5.